The maximum Gasteiger partial charge on any atom is 0.125 e. The van der Waals surface area contributed by atoms with Crippen LogP contribution in [0.4, 0.5) is 10.1 Å². The molecule has 0 aliphatic rings. The molecule has 94 valence electrons. The highest BCUT2D eigenvalue weighted by Crippen LogP contribution is 2.12. The van der Waals surface area contributed by atoms with Gasteiger partial charge in [-0.2, -0.15) is 0 Å². The Morgan fingerprint density at radius 2 is 1.84 bits per heavy atom. The molecular formula is C15H12FN3. The van der Waals surface area contributed by atoms with Crippen LogP contribution < -0.4 is 5.32 Å². The van der Waals surface area contributed by atoms with E-state index in [0.29, 0.717) is 6.54 Å². The average molecular weight is 253 g/mol. The molecule has 0 amide bonds. The van der Waals surface area contributed by atoms with E-state index in [1.807, 2.05) is 30.3 Å². The van der Waals surface area contributed by atoms with Crippen LogP contribution in [0.5, 0.6) is 0 Å². The molecular weight excluding hydrogens is 241 g/mol. The molecule has 19 heavy (non-hydrogen) atoms. The average Bonchev–Trinajstić information content (AvgIpc) is 2.45. The molecule has 3 nitrogen and oxygen atoms in total. The third kappa shape index (κ3) is 2.68. The van der Waals surface area contributed by atoms with Gasteiger partial charge in [-0.3, -0.25) is 4.98 Å². The molecule has 3 rings (SSSR count). The van der Waals surface area contributed by atoms with E-state index in [2.05, 4.69) is 15.3 Å². The smallest absolute Gasteiger partial charge is 0.125 e. The van der Waals surface area contributed by atoms with Gasteiger partial charge < -0.3 is 5.32 Å². The van der Waals surface area contributed by atoms with Crippen molar-refractivity contribution in [3.8, 4) is 0 Å². The van der Waals surface area contributed by atoms with Crippen molar-refractivity contribution in [2.24, 2.45) is 0 Å². The maximum atomic E-state index is 13.0. The van der Waals surface area contributed by atoms with Crippen LogP contribution in [0.1, 0.15) is 5.69 Å². The van der Waals surface area contributed by atoms with Crippen molar-refractivity contribution < 1.29 is 4.39 Å². The van der Waals surface area contributed by atoms with Crippen LogP contribution in [0.3, 0.4) is 0 Å². The van der Waals surface area contributed by atoms with Gasteiger partial charge in [-0.05, 0) is 30.3 Å². The van der Waals surface area contributed by atoms with Gasteiger partial charge >= 0.3 is 0 Å². The first kappa shape index (κ1) is 11.6. The minimum atomic E-state index is -0.255. The van der Waals surface area contributed by atoms with E-state index >= 15 is 0 Å². The third-order valence-electron chi connectivity index (χ3n) is 2.80. The van der Waals surface area contributed by atoms with Crippen LogP contribution in [0.2, 0.25) is 0 Å². The number of halogens is 1. The van der Waals surface area contributed by atoms with Gasteiger partial charge in [0.05, 0.1) is 29.5 Å². The summed E-state index contributed by atoms with van der Waals surface area (Å²) in [7, 11) is 0. The van der Waals surface area contributed by atoms with Crippen molar-refractivity contribution in [1.29, 1.82) is 0 Å². The molecule has 0 unspecified atom stereocenters. The normalized spacial score (nSPS) is 10.6. The lowest BCUT2D eigenvalue weighted by Crippen LogP contribution is -2.02. The second-order valence-corrected chi connectivity index (χ2v) is 4.21. The first-order valence-electron chi connectivity index (χ1n) is 6.01. The quantitative estimate of drug-likeness (QED) is 0.777. The van der Waals surface area contributed by atoms with Crippen molar-refractivity contribution in [2.75, 3.05) is 5.32 Å². The molecule has 0 aliphatic heterocycles. The number of benzene rings is 2. The Balaban J connectivity index is 1.78. The molecule has 2 aromatic carbocycles. The fourth-order valence-electron chi connectivity index (χ4n) is 1.87. The minimum absolute atomic E-state index is 0.255. The Morgan fingerprint density at radius 3 is 2.68 bits per heavy atom. The Hall–Kier alpha value is -2.49. The van der Waals surface area contributed by atoms with Gasteiger partial charge in [-0.25, -0.2) is 9.37 Å². The van der Waals surface area contributed by atoms with E-state index < -0.39 is 0 Å². The van der Waals surface area contributed by atoms with Gasteiger partial charge in [0.15, 0.2) is 0 Å². The van der Waals surface area contributed by atoms with Gasteiger partial charge in [0, 0.05) is 5.69 Å². The van der Waals surface area contributed by atoms with Crippen LogP contribution in [0.25, 0.3) is 11.0 Å². The highest BCUT2D eigenvalue weighted by molar-refractivity contribution is 5.73. The minimum Gasteiger partial charge on any atom is -0.379 e. The second-order valence-electron chi connectivity index (χ2n) is 4.21. The number of fused-ring (bicyclic) bond motifs is 1. The van der Waals surface area contributed by atoms with E-state index in [0.717, 1.165) is 22.4 Å². The number of rotatable bonds is 3. The topological polar surface area (TPSA) is 37.8 Å². The Morgan fingerprint density at radius 1 is 1.00 bits per heavy atom. The maximum absolute atomic E-state index is 13.0. The SMILES string of the molecule is Fc1cccc(NCc2cnc3ccccc3n2)c1. The zero-order valence-electron chi connectivity index (χ0n) is 10.2. The van der Waals surface area contributed by atoms with Crippen molar-refractivity contribution in [3.05, 3.63) is 66.2 Å². The van der Waals surface area contributed by atoms with Crippen LogP contribution in [0, 0.1) is 5.82 Å². The van der Waals surface area contributed by atoms with Gasteiger partial charge in [0.2, 0.25) is 0 Å². The monoisotopic (exact) mass is 253 g/mol. The predicted molar refractivity (Wildman–Crippen MR) is 73.3 cm³/mol. The highest BCUT2D eigenvalue weighted by Gasteiger charge is 2.00. The Labute approximate surface area is 110 Å². The third-order valence-corrected chi connectivity index (χ3v) is 2.80. The van der Waals surface area contributed by atoms with Crippen LogP contribution in [-0.4, -0.2) is 9.97 Å². The number of hydrogen-bond acceptors (Lipinski definition) is 3. The lowest BCUT2D eigenvalue weighted by Gasteiger charge is -2.06. The first-order valence-corrected chi connectivity index (χ1v) is 6.01. The zero-order valence-corrected chi connectivity index (χ0v) is 10.2. The number of aromatic nitrogens is 2. The summed E-state index contributed by atoms with van der Waals surface area (Å²) in [5, 5.41) is 3.12. The lowest BCUT2D eigenvalue weighted by atomic mass is 10.3. The van der Waals surface area contributed by atoms with Gasteiger partial charge in [0.1, 0.15) is 5.82 Å². The molecule has 0 fully saturated rings. The highest BCUT2D eigenvalue weighted by atomic mass is 19.1. The molecule has 4 heteroatoms. The second kappa shape index (κ2) is 5.02. The number of nitrogens with zero attached hydrogens (tertiary/aromatic N) is 2. The van der Waals surface area contributed by atoms with Crippen LogP contribution in [-0.2, 0) is 6.54 Å². The molecule has 0 saturated carbocycles. The number of para-hydroxylation sites is 2. The number of hydrogen-bond donors (Lipinski definition) is 1. The van der Waals surface area contributed by atoms with Gasteiger partial charge in [-0.15, -0.1) is 0 Å². The van der Waals surface area contributed by atoms with E-state index in [1.165, 1.54) is 12.1 Å². The fourth-order valence-corrected chi connectivity index (χ4v) is 1.87. The summed E-state index contributed by atoms with van der Waals surface area (Å²) in [6, 6.07) is 14.1. The van der Waals surface area contributed by atoms with Crippen molar-refractivity contribution in [3.63, 3.8) is 0 Å². The number of nitrogens with one attached hydrogen (secondary N) is 1. The number of anilines is 1. The van der Waals surface area contributed by atoms with Crippen molar-refractivity contribution >= 4 is 16.7 Å². The van der Waals surface area contributed by atoms with Crippen LogP contribution >= 0.6 is 0 Å². The molecule has 0 radical (unpaired) electrons. The molecule has 1 aromatic heterocycles. The summed E-state index contributed by atoms with van der Waals surface area (Å²) in [5.41, 5.74) is 3.29. The van der Waals surface area contributed by atoms with Gasteiger partial charge in [0.25, 0.3) is 0 Å². The molecule has 1 N–H and O–H groups in total. The summed E-state index contributed by atoms with van der Waals surface area (Å²) >= 11 is 0. The fraction of sp³-hybridized carbons (Fsp3) is 0.0667. The summed E-state index contributed by atoms with van der Waals surface area (Å²) in [6.45, 7) is 0.515. The van der Waals surface area contributed by atoms with E-state index in [9.17, 15) is 4.39 Å². The van der Waals surface area contributed by atoms with Crippen molar-refractivity contribution in [2.45, 2.75) is 6.54 Å². The Bertz CT molecular complexity index is 712. The summed E-state index contributed by atoms with van der Waals surface area (Å²) < 4.78 is 13.0. The largest absolute Gasteiger partial charge is 0.379 e. The van der Waals surface area contributed by atoms with Crippen LogP contribution in [0.15, 0.2) is 54.7 Å². The molecule has 0 saturated heterocycles. The summed E-state index contributed by atoms with van der Waals surface area (Å²) in [6.07, 6.45) is 1.73. The first-order chi connectivity index (χ1) is 9.31. The zero-order chi connectivity index (χ0) is 13.1. The molecule has 1 heterocycles. The molecule has 3 aromatic rings. The molecule has 0 bridgehead atoms. The van der Waals surface area contributed by atoms with E-state index in [-0.39, 0.29) is 5.82 Å². The van der Waals surface area contributed by atoms with E-state index in [1.54, 1.807) is 12.3 Å². The lowest BCUT2D eigenvalue weighted by molar-refractivity contribution is 0.628. The molecule has 0 spiro atoms. The molecule has 0 aliphatic carbocycles. The van der Waals surface area contributed by atoms with Gasteiger partial charge in [-0.1, -0.05) is 18.2 Å². The molecule has 0 atom stereocenters. The standard InChI is InChI=1S/C15H12FN3/c16-11-4-3-5-12(8-11)17-9-13-10-18-14-6-1-2-7-15(14)19-13/h1-8,10,17H,9H2. The van der Waals surface area contributed by atoms with E-state index in [4.69, 9.17) is 0 Å². The summed E-state index contributed by atoms with van der Waals surface area (Å²) in [4.78, 5) is 8.83. The van der Waals surface area contributed by atoms with Crippen molar-refractivity contribution in [1.82, 2.24) is 9.97 Å². The summed E-state index contributed by atoms with van der Waals surface area (Å²) in [5.74, 6) is -0.255. The predicted octanol–water partition coefficient (Wildman–Crippen LogP) is 3.38. The Kier molecular flexibility index (Phi) is 3.06.